The van der Waals surface area contributed by atoms with Crippen LogP contribution >= 0.6 is 0 Å². The Kier molecular flexibility index (Phi) is 4.88. The van der Waals surface area contributed by atoms with Gasteiger partial charge in [-0.25, -0.2) is 0 Å². The molecular weight excluding hydrogens is 395 g/mol. The summed E-state index contributed by atoms with van der Waals surface area (Å²) < 4.78 is 5.84. The molecule has 1 aliphatic heterocycles. The van der Waals surface area contributed by atoms with Gasteiger partial charge in [0.2, 0.25) is 0 Å². The van der Waals surface area contributed by atoms with Gasteiger partial charge in [-0.15, -0.1) is 0 Å². The molecular formula is C16H16N2O6Se. The molecule has 9 heteroatoms. The Bertz CT molecular complexity index is 795. The number of hydrogen-bond donors (Lipinski definition) is 4. The van der Waals surface area contributed by atoms with Gasteiger partial charge in [0.05, 0.1) is 0 Å². The Morgan fingerprint density at radius 1 is 1.32 bits per heavy atom. The number of Topliss-reactive ketones (excluding diaryl/α,β-unsaturated/α-hetero) is 1. The van der Waals surface area contributed by atoms with Crippen molar-refractivity contribution in [3.05, 3.63) is 51.1 Å². The van der Waals surface area contributed by atoms with Gasteiger partial charge in [-0.05, 0) is 0 Å². The molecule has 1 aromatic heterocycles. The average molecular weight is 411 g/mol. The van der Waals surface area contributed by atoms with Crippen LogP contribution in [0.1, 0.15) is 31.5 Å². The number of primary amides is 1. The summed E-state index contributed by atoms with van der Waals surface area (Å²) in [4.78, 5) is 29.5. The molecule has 0 saturated carbocycles. The molecule has 1 aromatic carbocycles. The number of carbonyl (C=O) groups excluding carboxylic acids is 2. The van der Waals surface area contributed by atoms with E-state index in [1.54, 1.807) is 18.2 Å². The normalized spacial score (nSPS) is 28.8. The molecule has 2 aromatic rings. The Balaban J connectivity index is 1.96. The summed E-state index contributed by atoms with van der Waals surface area (Å²) in [6, 6.07) is 7.95. The van der Waals surface area contributed by atoms with Gasteiger partial charge in [-0.1, -0.05) is 0 Å². The summed E-state index contributed by atoms with van der Waals surface area (Å²) in [5.74, 6) is -1.46. The fourth-order valence-corrected chi connectivity index (χ4v) is 4.61. The fraction of sp³-hybridized carbons (Fsp3) is 0.312. The van der Waals surface area contributed by atoms with Crippen molar-refractivity contribution >= 4 is 26.2 Å². The standard InChI is InChI=1S/C16H16N2O6Se/c17-14(22)9-7-25-15(18-9)11-13(21)16(23,10(6-19)24-11)12(20)8-4-2-1-3-5-8/h1-5,7,10-11,13,19,21,23H,6H2,(H2,17,22)/t10-,11-,13+,16+/m1/s1. The predicted molar refractivity (Wildman–Crippen MR) is 86.1 cm³/mol. The molecule has 2 heterocycles. The Labute approximate surface area is 148 Å². The molecule has 4 atom stereocenters. The third-order valence-corrected chi connectivity index (χ3v) is 6.02. The molecule has 0 spiro atoms. The molecule has 1 amide bonds. The number of rotatable bonds is 5. The van der Waals surface area contributed by atoms with E-state index in [1.807, 2.05) is 0 Å². The Morgan fingerprint density at radius 2 is 2.00 bits per heavy atom. The van der Waals surface area contributed by atoms with Crippen LogP contribution in [0.25, 0.3) is 0 Å². The van der Waals surface area contributed by atoms with E-state index in [0.717, 1.165) is 0 Å². The minimum atomic E-state index is -2.32. The Hall–Kier alpha value is -1.87. The zero-order chi connectivity index (χ0) is 18.2. The number of nitrogens with zero attached hydrogens (tertiary/aromatic N) is 1. The molecule has 5 N–H and O–H groups in total. The fourth-order valence-electron chi connectivity index (χ4n) is 2.78. The van der Waals surface area contributed by atoms with Crippen LogP contribution in [0.4, 0.5) is 0 Å². The van der Waals surface area contributed by atoms with Crippen LogP contribution in [0.2, 0.25) is 0 Å². The molecule has 0 unspecified atom stereocenters. The summed E-state index contributed by atoms with van der Waals surface area (Å²) in [7, 11) is 0. The summed E-state index contributed by atoms with van der Waals surface area (Å²) in [5.41, 5.74) is 3.08. The quantitative estimate of drug-likeness (QED) is 0.352. The van der Waals surface area contributed by atoms with Crippen molar-refractivity contribution in [2.75, 3.05) is 6.61 Å². The summed E-state index contributed by atoms with van der Waals surface area (Å²) >= 11 is -0.420. The van der Waals surface area contributed by atoms with Crippen LogP contribution < -0.4 is 5.73 Å². The summed E-state index contributed by atoms with van der Waals surface area (Å²) in [6.45, 7) is -0.668. The SMILES string of the molecule is NC(=O)c1c[se]c([C@@H]2O[C@H](CO)[C@](O)(C(=O)c3ccccc3)[C@H]2O)n1. The van der Waals surface area contributed by atoms with E-state index in [-0.39, 0.29) is 11.3 Å². The molecule has 1 aliphatic rings. The summed E-state index contributed by atoms with van der Waals surface area (Å²) in [5, 5.41) is 31.1. The van der Waals surface area contributed by atoms with Crippen LogP contribution in [0.15, 0.2) is 35.3 Å². The molecule has 1 saturated heterocycles. The first-order chi connectivity index (χ1) is 11.9. The monoisotopic (exact) mass is 412 g/mol. The second kappa shape index (κ2) is 6.80. The third kappa shape index (κ3) is 2.95. The molecule has 3 rings (SSSR count). The van der Waals surface area contributed by atoms with E-state index in [1.165, 1.54) is 17.1 Å². The average Bonchev–Trinajstić information content (AvgIpc) is 3.20. The van der Waals surface area contributed by atoms with Crippen molar-refractivity contribution < 1.29 is 29.6 Å². The number of ether oxygens (including phenoxy) is 1. The van der Waals surface area contributed by atoms with E-state index in [0.29, 0.717) is 4.57 Å². The molecule has 0 radical (unpaired) electrons. The van der Waals surface area contributed by atoms with Crippen molar-refractivity contribution in [2.24, 2.45) is 5.73 Å². The Morgan fingerprint density at radius 3 is 2.56 bits per heavy atom. The van der Waals surface area contributed by atoms with Gasteiger partial charge < -0.3 is 0 Å². The van der Waals surface area contributed by atoms with Gasteiger partial charge in [-0.3, -0.25) is 0 Å². The van der Waals surface area contributed by atoms with Crippen molar-refractivity contribution in [3.8, 4) is 0 Å². The first-order valence-corrected chi connectivity index (χ1v) is 9.26. The van der Waals surface area contributed by atoms with E-state index < -0.39 is 56.7 Å². The first-order valence-electron chi connectivity index (χ1n) is 7.41. The van der Waals surface area contributed by atoms with Crippen molar-refractivity contribution in [2.45, 2.75) is 23.9 Å². The van der Waals surface area contributed by atoms with Gasteiger partial charge in [0.15, 0.2) is 0 Å². The van der Waals surface area contributed by atoms with E-state index in [2.05, 4.69) is 4.98 Å². The number of ketones is 1. The van der Waals surface area contributed by atoms with E-state index in [9.17, 15) is 24.9 Å². The number of aliphatic hydroxyl groups is 3. The minimum absolute atomic E-state index is 0.0520. The maximum atomic E-state index is 12.8. The van der Waals surface area contributed by atoms with Gasteiger partial charge in [0, 0.05) is 0 Å². The zero-order valence-electron chi connectivity index (χ0n) is 12.9. The molecule has 0 aliphatic carbocycles. The third-order valence-electron chi connectivity index (χ3n) is 4.12. The number of aliphatic hydroxyl groups excluding tert-OH is 2. The second-order valence-electron chi connectivity index (χ2n) is 5.63. The number of benzene rings is 1. The number of amides is 1. The van der Waals surface area contributed by atoms with Gasteiger partial charge in [0.1, 0.15) is 0 Å². The zero-order valence-corrected chi connectivity index (χ0v) is 14.6. The van der Waals surface area contributed by atoms with Crippen LogP contribution in [0.5, 0.6) is 0 Å². The summed E-state index contributed by atoms with van der Waals surface area (Å²) in [6.07, 6.45) is -4.07. The van der Waals surface area contributed by atoms with Crippen LogP contribution in [0, 0.1) is 0 Å². The maximum absolute atomic E-state index is 12.8. The van der Waals surface area contributed by atoms with Crippen LogP contribution in [-0.2, 0) is 4.74 Å². The predicted octanol–water partition coefficient (Wildman–Crippen LogP) is -1.36. The van der Waals surface area contributed by atoms with Gasteiger partial charge in [0.25, 0.3) is 0 Å². The van der Waals surface area contributed by atoms with E-state index in [4.69, 9.17) is 10.5 Å². The molecule has 25 heavy (non-hydrogen) atoms. The topological polar surface area (TPSA) is 143 Å². The van der Waals surface area contributed by atoms with Crippen molar-refractivity contribution in [1.29, 1.82) is 0 Å². The second-order valence-corrected chi connectivity index (χ2v) is 7.50. The van der Waals surface area contributed by atoms with Crippen molar-refractivity contribution in [3.63, 3.8) is 0 Å². The molecule has 8 nitrogen and oxygen atoms in total. The molecule has 1 fully saturated rings. The molecule has 0 bridgehead atoms. The van der Waals surface area contributed by atoms with Gasteiger partial charge in [-0.2, -0.15) is 0 Å². The number of nitrogens with two attached hydrogens (primary N) is 1. The van der Waals surface area contributed by atoms with Crippen molar-refractivity contribution in [1.82, 2.24) is 4.98 Å². The number of aromatic nitrogens is 1. The number of hydrogen-bond acceptors (Lipinski definition) is 7. The first kappa shape index (κ1) is 17.9. The number of carbonyl (C=O) groups is 2. The van der Waals surface area contributed by atoms with E-state index >= 15 is 0 Å². The molecule has 132 valence electrons. The van der Waals surface area contributed by atoms with Crippen LogP contribution in [-0.4, -0.2) is 70.9 Å². The van der Waals surface area contributed by atoms with Gasteiger partial charge >= 0.3 is 148 Å². The van der Waals surface area contributed by atoms with Crippen LogP contribution in [0.3, 0.4) is 0 Å².